The third-order valence-corrected chi connectivity index (χ3v) is 3.40. The fourth-order valence-corrected chi connectivity index (χ4v) is 2.30. The van der Waals surface area contributed by atoms with E-state index in [-0.39, 0.29) is 18.7 Å². The number of nitrogens with zero attached hydrogens (tertiary/aromatic N) is 2. The van der Waals surface area contributed by atoms with Gasteiger partial charge in [0.2, 0.25) is 5.88 Å². The zero-order chi connectivity index (χ0) is 16.3. The number of ether oxygens (including phenoxy) is 1. The van der Waals surface area contributed by atoms with Crippen LogP contribution in [0.5, 0.6) is 5.88 Å². The number of carboxylic acids is 1. The van der Waals surface area contributed by atoms with Crippen molar-refractivity contribution in [3.8, 4) is 5.88 Å². The molecule has 1 aliphatic heterocycles. The highest BCUT2D eigenvalue weighted by atomic mass is 16.5. The Morgan fingerprint density at radius 3 is 2.82 bits per heavy atom. The molecule has 1 fully saturated rings. The summed E-state index contributed by atoms with van der Waals surface area (Å²) in [6.07, 6.45) is 2.09. The third-order valence-electron chi connectivity index (χ3n) is 3.40. The van der Waals surface area contributed by atoms with Gasteiger partial charge < -0.3 is 20.1 Å². The van der Waals surface area contributed by atoms with E-state index in [1.165, 1.54) is 4.90 Å². The Morgan fingerprint density at radius 2 is 2.23 bits per heavy atom. The second kappa shape index (κ2) is 6.64. The maximum atomic E-state index is 12.3. The Labute approximate surface area is 129 Å². The monoisotopic (exact) mass is 307 g/mol. The van der Waals surface area contributed by atoms with Crippen LogP contribution in [0.3, 0.4) is 0 Å². The van der Waals surface area contributed by atoms with Crippen LogP contribution in [0, 0.1) is 12.8 Å². The maximum absolute atomic E-state index is 12.3. The summed E-state index contributed by atoms with van der Waals surface area (Å²) >= 11 is 0. The van der Waals surface area contributed by atoms with Crippen LogP contribution in [-0.2, 0) is 4.79 Å². The van der Waals surface area contributed by atoms with Crippen LogP contribution in [0.1, 0.15) is 25.8 Å². The molecule has 7 heteroatoms. The Kier molecular flexibility index (Phi) is 4.85. The molecule has 1 saturated heterocycles. The molecule has 0 spiro atoms. The predicted octanol–water partition coefficient (Wildman–Crippen LogP) is 2.12. The number of carboxylic acid groups (broad SMARTS) is 1. The number of pyridine rings is 1. The minimum absolute atomic E-state index is 0.0611. The van der Waals surface area contributed by atoms with Crippen molar-refractivity contribution in [2.75, 3.05) is 18.4 Å². The topological polar surface area (TPSA) is 91.8 Å². The molecule has 2 N–H and O–H groups in total. The molecular weight excluding hydrogens is 286 g/mol. The SMILES string of the molecule is Cc1cnc(OC(C)C)c(NC(=O)N2CCC(C(=O)O)C2)c1. The first-order chi connectivity index (χ1) is 10.4. The molecule has 0 aliphatic carbocycles. The molecule has 1 atom stereocenters. The van der Waals surface area contributed by atoms with E-state index in [1.54, 1.807) is 12.3 Å². The Hall–Kier alpha value is -2.31. The summed E-state index contributed by atoms with van der Waals surface area (Å²) < 4.78 is 5.58. The van der Waals surface area contributed by atoms with Crippen LogP contribution in [0.4, 0.5) is 10.5 Å². The molecule has 120 valence electrons. The molecule has 2 amide bonds. The highest BCUT2D eigenvalue weighted by Crippen LogP contribution is 2.25. The summed E-state index contributed by atoms with van der Waals surface area (Å²) in [7, 11) is 0. The van der Waals surface area contributed by atoms with Crippen molar-refractivity contribution in [2.24, 2.45) is 5.92 Å². The number of anilines is 1. The number of urea groups is 1. The lowest BCUT2D eigenvalue weighted by Crippen LogP contribution is -2.34. The molecular formula is C15H21N3O4. The first-order valence-electron chi connectivity index (χ1n) is 7.29. The number of likely N-dealkylation sites (tertiary alicyclic amines) is 1. The van der Waals surface area contributed by atoms with E-state index in [9.17, 15) is 9.59 Å². The van der Waals surface area contributed by atoms with E-state index < -0.39 is 11.9 Å². The first kappa shape index (κ1) is 16.1. The van der Waals surface area contributed by atoms with Gasteiger partial charge in [0.15, 0.2) is 0 Å². The van der Waals surface area contributed by atoms with Gasteiger partial charge in [-0.05, 0) is 38.8 Å². The van der Waals surface area contributed by atoms with Crippen LogP contribution >= 0.6 is 0 Å². The summed E-state index contributed by atoms with van der Waals surface area (Å²) in [6.45, 7) is 6.29. The number of aryl methyl sites for hydroxylation is 1. The minimum atomic E-state index is -0.864. The standard InChI is InChI=1S/C15H21N3O4/c1-9(2)22-13-12(6-10(3)7-16-13)17-15(21)18-5-4-11(8-18)14(19)20/h6-7,9,11H,4-5,8H2,1-3H3,(H,17,21)(H,19,20). The van der Waals surface area contributed by atoms with Crippen LogP contribution in [0.2, 0.25) is 0 Å². The summed E-state index contributed by atoms with van der Waals surface area (Å²) in [6, 6.07) is 1.46. The van der Waals surface area contributed by atoms with E-state index >= 15 is 0 Å². The van der Waals surface area contributed by atoms with Gasteiger partial charge in [0.1, 0.15) is 5.69 Å². The second-order valence-electron chi connectivity index (χ2n) is 5.73. The average molecular weight is 307 g/mol. The van der Waals surface area contributed by atoms with Gasteiger partial charge in [-0.2, -0.15) is 0 Å². The lowest BCUT2D eigenvalue weighted by molar-refractivity contribution is -0.141. The van der Waals surface area contributed by atoms with Gasteiger partial charge in [-0.25, -0.2) is 9.78 Å². The van der Waals surface area contributed by atoms with Crippen LogP contribution in [0.25, 0.3) is 0 Å². The lowest BCUT2D eigenvalue weighted by atomic mass is 10.1. The Morgan fingerprint density at radius 1 is 1.50 bits per heavy atom. The summed E-state index contributed by atoms with van der Waals surface area (Å²) in [4.78, 5) is 28.9. The smallest absolute Gasteiger partial charge is 0.322 e. The largest absolute Gasteiger partial charge is 0.481 e. The average Bonchev–Trinajstić information content (AvgIpc) is 2.91. The molecule has 1 unspecified atom stereocenters. The van der Waals surface area contributed by atoms with Crippen molar-refractivity contribution in [1.82, 2.24) is 9.88 Å². The number of rotatable bonds is 4. The van der Waals surface area contributed by atoms with Gasteiger partial charge in [0.25, 0.3) is 0 Å². The number of carbonyl (C=O) groups is 2. The number of aliphatic carboxylic acids is 1. The normalized spacial score (nSPS) is 17.6. The first-order valence-corrected chi connectivity index (χ1v) is 7.29. The molecule has 1 aromatic rings. The molecule has 0 bridgehead atoms. The van der Waals surface area contributed by atoms with Gasteiger partial charge in [0.05, 0.1) is 12.0 Å². The van der Waals surface area contributed by atoms with Crippen LogP contribution in [0.15, 0.2) is 12.3 Å². The Balaban J connectivity index is 2.08. The number of nitrogens with one attached hydrogen (secondary N) is 1. The van der Waals surface area contributed by atoms with Gasteiger partial charge >= 0.3 is 12.0 Å². The van der Waals surface area contributed by atoms with Crippen molar-refractivity contribution in [3.05, 3.63) is 17.8 Å². The molecule has 0 aromatic carbocycles. The molecule has 22 heavy (non-hydrogen) atoms. The van der Waals surface area contributed by atoms with Gasteiger partial charge in [-0.15, -0.1) is 0 Å². The number of amides is 2. The maximum Gasteiger partial charge on any atom is 0.322 e. The molecule has 1 aliphatic rings. The van der Waals surface area contributed by atoms with Crippen LogP contribution in [-0.4, -0.2) is 46.2 Å². The summed E-state index contributed by atoms with van der Waals surface area (Å²) in [5.74, 6) is -0.993. The van der Waals surface area contributed by atoms with E-state index in [4.69, 9.17) is 9.84 Å². The van der Waals surface area contributed by atoms with Crippen molar-refractivity contribution < 1.29 is 19.4 Å². The summed E-state index contributed by atoms with van der Waals surface area (Å²) in [5, 5.41) is 11.8. The number of hydrogen-bond acceptors (Lipinski definition) is 4. The number of aromatic nitrogens is 1. The predicted molar refractivity (Wildman–Crippen MR) is 81.1 cm³/mol. The second-order valence-corrected chi connectivity index (χ2v) is 5.73. The quantitative estimate of drug-likeness (QED) is 0.889. The third kappa shape index (κ3) is 3.87. The van der Waals surface area contributed by atoms with E-state index in [0.717, 1.165) is 5.56 Å². The fraction of sp³-hybridized carbons (Fsp3) is 0.533. The lowest BCUT2D eigenvalue weighted by Gasteiger charge is -2.19. The molecule has 7 nitrogen and oxygen atoms in total. The van der Waals surface area contributed by atoms with Gasteiger partial charge in [-0.1, -0.05) is 0 Å². The number of hydrogen-bond donors (Lipinski definition) is 2. The van der Waals surface area contributed by atoms with Crippen molar-refractivity contribution in [1.29, 1.82) is 0 Å². The van der Waals surface area contributed by atoms with E-state index in [1.807, 2.05) is 20.8 Å². The van der Waals surface area contributed by atoms with Crippen molar-refractivity contribution in [3.63, 3.8) is 0 Å². The summed E-state index contributed by atoms with van der Waals surface area (Å²) in [5.41, 5.74) is 1.40. The molecule has 2 heterocycles. The van der Waals surface area contributed by atoms with E-state index in [2.05, 4.69) is 10.3 Å². The fourth-order valence-electron chi connectivity index (χ4n) is 2.30. The zero-order valence-corrected chi connectivity index (χ0v) is 13.0. The molecule has 2 rings (SSSR count). The van der Waals surface area contributed by atoms with Crippen molar-refractivity contribution >= 4 is 17.7 Å². The van der Waals surface area contributed by atoms with E-state index in [0.29, 0.717) is 24.5 Å². The number of carbonyl (C=O) groups excluding carboxylic acids is 1. The molecule has 1 aromatic heterocycles. The van der Waals surface area contributed by atoms with Crippen molar-refractivity contribution in [2.45, 2.75) is 33.3 Å². The minimum Gasteiger partial charge on any atom is -0.481 e. The van der Waals surface area contributed by atoms with Gasteiger partial charge in [-0.3, -0.25) is 4.79 Å². The molecule has 0 radical (unpaired) electrons. The highest BCUT2D eigenvalue weighted by Gasteiger charge is 2.31. The highest BCUT2D eigenvalue weighted by molar-refractivity contribution is 5.91. The molecule has 0 saturated carbocycles. The zero-order valence-electron chi connectivity index (χ0n) is 13.0. The van der Waals surface area contributed by atoms with Gasteiger partial charge in [0, 0.05) is 19.3 Å². The Bertz CT molecular complexity index is 574. The van der Waals surface area contributed by atoms with Crippen LogP contribution < -0.4 is 10.1 Å².